The van der Waals surface area contributed by atoms with Gasteiger partial charge in [-0.3, -0.25) is 4.55 Å². The molecule has 8 nitrogen and oxygen atoms in total. The van der Waals surface area contributed by atoms with Gasteiger partial charge in [-0.05, 0) is 67.6 Å². The minimum Gasteiger partial charge on any atom is -0.461 e. The van der Waals surface area contributed by atoms with Crippen LogP contribution in [0.4, 0.5) is 13.2 Å². The maximum absolute atomic E-state index is 13.0. The SMILES string of the molecule is CC(C)C(Oc1cc(C(=O)OCCS(=O)(=O)O)ccc1OC(F)(F)F)OC1CC2CC1C1CCCC21. The molecule has 1 N–H and O–H groups in total. The molecule has 3 fully saturated rings. The van der Waals surface area contributed by atoms with Crippen molar-refractivity contribution in [2.24, 2.45) is 29.6 Å². The standard InChI is InChI=1S/C24H31F3O8S/c1-13(2)23(33-20-12-15-10-18(20)17-5-3-4-16(15)17)34-21-11-14(6-7-19(21)35-24(25,26)27)22(28)32-8-9-36(29,30)31/h6-7,11,13,15-18,20,23H,3-5,8-10,12H2,1-2H3,(H,29,30,31). The molecule has 1 aromatic carbocycles. The minimum absolute atomic E-state index is 0.0395. The largest absolute Gasteiger partial charge is 0.573 e. The molecule has 0 spiro atoms. The first-order valence-electron chi connectivity index (χ1n) is 12.1. The fraction of sp³-hybridized carbons (Fsp3) is 0.708. The van der Waals surface area contributed by atoms with Crippen LogP contribution in [0.25, 0.3) is 0 Å². The summed E-state index contributed by atoms with van der Waals surface area (Å²) in [5.74, 6) is -0.599. The van der Waals surface area contributed by atoms with Gasteiger partial charge in [0, 0.05) is 5.92 Å². The summed E-state index contributed by atoms with van der Waals surface area (Å²) in [5.41, 5.74) is -0.175. The second-order valence-corrected chi connectivity index (χ2v) is 11.8. The summed E-state index contributed by atoms with van der Waals surface area (Å²) in [5, 5.41) is 0. The average molecular weight is 537 g/mol. The van der Waals surface area contributed by atoms with Crippen LogP contribution in [0.3, 0.4) is 0 Å². The molecule has 12 heteroatoms. The van der Waals surface area contributed by atoms with Crippen molar-refractivity contribution in [3.8, 4) is 11.5 Å². The van der Waals surface area contributed by atoms with Crippen LogP contribution in [0.15, 0.2) is 18.2 Å². The maximum Gasteiger partial charge on any atom is 0.573 e. The van der Waals surface area contributed by atoms with E-state index in [2.05, 4.69) is 4.74 Å². The number of fused-ring (bicyclic) bond motifs is 5. The molecule has 0 saturated heterocycles. The van der Waals surface area contributed by atoms with Crippen molar-refractivity contribution >= 4 is 16.1 Å². The van der Waals surface area contributed by atoms with E-state index >= 15 is 0 Å². The maximum atomic E-state index is 13.0. The Bertz CT molecular complexity index is 1060. The highest BCUT2D eigenvalue weighted by Gasteiger charge is 2.54. The Balaban J connectivity index is 1.50. The summed E-state index contributed by atoms with van der Waals surface area (Å²) in [6.45, 7) is 3.03. The minimum atomic E-state index is -4.99. The average Bonchev–Trinajstić information content (AvgIpc) is 3.46. The number of halogens is 3. The zero-order valence-corrected chi connectivity index (χ0v) is 20.9. The molecule has 0 radical (unpaired) electrons. The van der Waals surface area contributed by atoms with Crippen molar-refractivity contribution in [2.75, 3.05) is 12.4 Å². The van der Waals surface area contributed by atoms with E-state index in [1.54, 1.807) is 0 Å². The summed E-state index contributed by atoms with van der Waals surface area (Å²) in [7, 11) is -4.35. The van der Waals surface area contributed by atoms with E-state index in [1.807, 2.05) is 13.8 Å². The lowest BCUT2D eigenvalue weighted by molar-refractivity contribution is -0.275. The van der Waals surface area contributed by atoms with Crippen LogP contribution in [0, 0.1) is 29.6 Å². The van der Waals surface area contributed by atoms with Gasteiger partial charge in [0.2, 0.25) is 6.29 Å². The Morgan fingerprint density at radius 3 is 2.50 bits per heavy atom. The number of hydrogen-bond acceptors (Lipinski definition) is 7. The number of alkyl halides is 3. The van der Waals surface area contributed by atoms with Crippen molar-refractivity contribution in [3.63, 3.8) is 0 Å². The Kier molecular flexibility index (Phi) is 7.78. The second-order valence-electron chi connectivity index (χ2n) is 10.2. The van der Waals surface area contributed by atoms with Gasteiger partial charge in [0.25, 0.3) is 10.1 Å². The first-order valence-corrected chi connectivity index (χ1v) is 13.8. The molecule has 36 heavy (non-hydrogen) atoms. The molecule has 2 bridgehead atoms. The van der Waals surface area contributed by atoms with Crippen molar-refractivity contribution in [1.82, 2.24) is 0 Å². The quantitative estimate of drug-likeness (QED) is 0.257. The molecule has 0 amide bonds. The van der Waals surface area contributed by atoms with E-state index in [9.17, 15) is 26.4 Å². The Morgan fingerprint density at radius 1 is 1.11 bits per heavy atom. The molecule has 3 saturated carbocycles. The first-order chi connectivity index (χ1) is 16.8. The van der Waals surface area contributed by atoms with Gasteiger partial charge in [0.15, 0.2) is 11.5 Å². The van der Waals surface area contributed by atoms with Crippen molar-refractivity contribution in [3.05, 3.63) is 23.8 Å². The Morgan fingerprint density at radius 2 is 1.83 bits per heavy atom. The summed E-state index contributed by atoms with van der Waals surface area (Å²) in [6.07, 6.45) is -0.227. The smallest absolute Gasteiger partial charge is 0.461 e. The van der Waals surface area contributed by atoms with Crippen LogP contribution in [0.5, 0.6) is 11.5 Å². The molecule has 4 rings (SSSR count). The molecule has 202 valence electrons. The lowest BCUT2D eigenvalue weighted by atomic mass is 9.80. The number of carbonyl (C=O) groups is 1. The molecule has 3 aliphatic carbocycles. The summed E-state index contributed by atoms with van der Waals surface area (Å²) < 4.78 is 90.6. The van der Waals surface area contributed by atoms with Gasteiger partial charge in [-0.25, -0.2) is 4.79 Å². The summed E-state index contributed by atoms with van der Waals surface area (Å²) in [4.78, 5) is 12.3. The molecule has 0 aromatic heterocycles. The first kappa shape index (κ1) is 27.0. The zero-order valence-electron chi connectivity index (χ0n) is 20.1. The third-order valence-corrected chi connectivity index (χ3v) is 8.13. The fourth-order valence-electron chi connectivity index (χ4n) is 6.04. The lowest BCUT2D eigenvalue weighted by Crippen LogP contribution is -2.37. The third-order valence-electron chi connectivity index (χ3n) is 7.44. The highest BCUT2D eigenvalue weighted by Crippen LogP contribution is 2.59. The molecule has 6 unspecified atom stereocenters. The van der Waals surface area contributed by atoms with Gasteiger partial charge < -0.3 is 18.9 Å². The van der Waals surface area contributed by atoms with E-state index in [-0.39, 0.29) is 23.3 Å². The number of rotatable bonds is 10. The lowest BCUT2D eigenvalue weighted by Gasteiger charge is -2.35. The monoisotopic (exact) mass is 536 g/mol. The number of esters is 1. The van der Waals surface area contributed by atoms with E-state index < -0.39 is 46.8 Å². The number of benzene rings is 1. The van der Waals surface area contributed by atoms with Gasteiger partial charge >= 0.3 is 12.3 Å². The van der Waals surface area contributed by atoms with E-state index in [4.69, 9.17) is 18.8 Å². The topological polar surface area (TPSA) is 108 Å². The van der Waals surface area contributed by atoms with E-state index in [0.717, 1.165) is 37.0 Å². The van der Waals surface area contributed by atoms with Crippen LogP contribution < -0.4 is 9.47 Å². The Hall–Kier alpha value is -2.05. The molecular formula is C24H31F3O8S. The zero-order chi connectivity index (χ0) is 26.3. The van der Waals surface area contributed by atoms with E-state index in [1.165, 1.54) is 19.3 Å². The van der Waals surface area contributed by atoms with Gasteiger partial charge in [-0.1, -0.05) is 20.3 Å². The fourth-order valence-corrected chi connectivity index (χ4v) is 6.33. The van der Waals surface area contributed by atoms with Crippen LogP contribution in [0.2, 0.25) is 0 Å². The predicted molar refractivity (Wildman–Crippen MR) is 121 cm³/mol. The van der Waals surface area contributed by atoms with Gasteiger partial charge in [0.1, 0.15) is 12.4 Å². The van der Waals surface area contributed by atoms with Crippen LogP contribution >= 0.6 is 0 Å². The normalized spacial score (nSPS) is 28.2. The van der Waals surface area contributed by atoms with Gasteiger partial charge in [0.05, 0.1) is 11.7 Å². The van der Waals surface area contributed by atoms with Gasteiger partial charge in [-0.2, -0.15) is 8.42 Å². The Labute approximate surface area is 208 Å². The van der Waals surface area contributed by atoms with Crippen LogP contribution in [0.1, 0.15) is 56.3 Å². The number of hydrogen-bond donors (Lipinski definition) is 1. The molecule has 1 aromatic rings. The second kappa shape index (κ2) is 10.4. The molecule has 0 aliphatic heterocycles. The molecule has 3 aliphatic rings. The van der Waals surface area contributed by atoms with Crippen LogP contribution in [-0.2, 0) is 19.6 Å². The summed E-state index contributed by atoms with van der Waals surface area (Å²) in [6, 6.07) is 3.02. The highest BCUT2D eigenvalue weighted by molar-refractivity contribution is 7.85. The van der Waals surface area contributed by atoms with Crippen molar-refractivity contribution in [2.45, 2.75) is 64.7 Å². The molecule has 0 heterocycles. The number of carbonyl (C=O) groups excluding carboxylic acids is 1. The van der Waals surface area contributed by atoms with Crippen molar-refractivity contribution in [1.29, 1.82) is 0 Å². The van der Waals surface area contributed by atoms with Gasteiger partial charge in [-0.15, -0.1) is 13.2 Å². The van der Waals surface area contributed by atoms with Crippen molar-refractivity contribution < 1.29 is 49.9 Å². The summed E-state index contributed by atoms with van der Waals surface area (Å²) >= 11 is 0. The van der Waals surface area contributed by atoms with Crippen LogP contribution in [-0.4, -0.2) is 50.1 Å². The van der Waals surface area contributed by atoms with E-state index in [0.29, 0.717) is 17.8 Å². The highest BCUT2D eigenvalue weighted by atomic mass is 32.2. The number of ether oxygens (including phenoxy) is 4. The predicted octanol–water partition coefficient (Wildman–Crippen LogP) is 4.83. The third kappa shape index (κ3) is 6.44. The molecular weight excluding hydrogens is 505 g/mol. The molecule has 6 atom stereocenters.